The van der Waals surface area contributed by atoms with Gasteiger partial charge in [0, 0.05) is 45.4 Å². The van der Waals surface area contributed by atoms with Crippen LogP contribution in [0.4, 0.5) is 0 Å². The highest BCUT2D eigenvalue weighted by Gasteiger charge is 2.27. The maximum Gasteiger partial charge on any atom is 0.236 e. The van der Waals surface area contributed by atoms with Crippen molar-refractivity contribution in [2.45, 2.75) is 38.8 Å². The van der Waals surface area contributed by atoms with Crippen molar-refractivity contribution in [3.8, 4) is 5.75 Å². The highest BCUT2D eigenvalue weighted by atomic mass is 16.5. The summed E-state index contributed by atoms with van der Waals surface area (Å²) in [5, 5.41) is 2.73. The average Bonchev–Trinajstić information content (AvgIpc) is 3.25. The van der Waals surface area contributed by atoms with E-state index >= 15 is 0 Å². The number of nitrogens with zero attached hydrogens (tertiary/aromatic N) is 3. The molecule has 2 saturated heterocycles. The van der Waals surface area contributed by atoms with Crippen molar-refractivity contribution >= 4 is 11.8 Å². The smallest absolute Gasteiger partial charge is 0.236 e. The number of ether oxygens (including phenoxy) is 1. The van der Waals surface area contributed by atoms with Crippen molar-refractivity contribution in [2.75, 3.05) is 32.7 Å². The number of likely N-dealkylation sites (tertiary alicyclic amines) is 2. The summed E-state index contributed by atoms with van der Waals surface area (Å²) in [6, 6.07) is 3.68. The van der Waals surface area contributed by atoms with E-state index in [1.165, 1.54) is 6.92 Å². The summed E-state index contributed by atoms with van der Waals surface area (Å²) < 4.78 is 6.04. The lowest BCUT2D eigenvalue weighted by Crippen LogP contribution is -2.38. The third-order valence-electron chi connectivity index (χ3n) is 4.66. The highest BCUT2D eigenvalue weighted by Crippen LogP contribution is 2.19. The minimum Gasteiger partial charge on any atom is -0.489 e. The first-order chi connectivity index (χ1) is 12.1. The number of carbonyl (C=O) groups excluding carboxylic acids is 2. The molecule has 0 radical (unpaired) electrons. The van der Waals surface area contributed by atoms with Crippen LogP contribution in [-0.2, 0) is 16.1 Å². The third-order valence-corrected chi connectivity index (χ3v) is 4.66. The molecular weight excluding hydrogens is 320 g/mol. The first kappa shape index (κ1) is 17.7. The molecule has 3 rings (SSSR count). The Bertz CT molecular complexity index is 616. The van der Waals surface area contributed by atoms with Crippen LogP contribution in [0.2, 0.25) is 0 Å². The fourth-order valence-corrected chi connectivity index (χ4v) is 3.33. The molecule has 7 nitrogen and oxygen atoms in total. The molecule has 25 heavy (non-hydrogen) atoms. The Morgan fingerprint density at radius 3 is 2.88 bits per heavy atom. The van der Waals surface area contributed by atoms with Crippen LogP contribution < -0.4 is 10.1 Å². The normalized spacial score (nSPS) is 20.7. The summed E-state index contributed by atoms with van der Waals surface area (Å²) in [6.45, 7) is 5.83. The van der Waals surface area contributed by atoms with Gasteiger partial charge in [-0.3, -0.25) is 19.5 Å². The zero-order valence-electron chi connectivity index (χ0n) is 14.7. The van der Waals surface area contributed by atoms with Gasteiger partial charge >= 0.3 is 0 Å². The summed E-state index contributed by atoms with van der Waals surface area (Å²) >= 11 is 0. The van der Waals surface area contributed by atoms with E-state index in [4.69, 9.17) is 4.74 Å². The maximum atomic E-state index is 12.2. The summed E-state index contributed by atoms with van der Waals surface area (Å²) in [5.41, 5.74) is 0.770. The van der Waals surface area contributed by atoms with Gasteiger partial charge in [-0.15, -0.1) is 0 Å². The quantitative estimate of drug-likeness (QED) is 0.824. The summed E-state index contributed by atoms with van der Waals surface area (Å²) in [7, 11) is 0. The fraction of sp³-hybridized carbons (Fsp3) is 0.611. The number of hydrogen-bond acceptors (Lipinski definition) is 5. The Balaban J connectivity index is 1.47. The molecule has 2 aliphatic heterocycles. The van der Waals surface area contributed by atoms with Crippen LogP contribution >= 0.6 is 0 Å². The van der Waals surface area contributed by atoms with Gasteiger partial charge in [-0.2, -0.15) is 0 Å². The molecule has 0 aliphatic carbocycles. The topological polar surface area (TPSA) is 74.8 Å². The molecular formula is C18H26N4O3. The SMILES string of the molecule is CC(=O)NCc1cc(OC2CCN(CC(=O)N3CCCC3)C2)ccn1. The number of aromatic nitrogens is 1. The molecule has 1 unspecified atom stereocenters. The highest BCUT2D eigenvalue weighted by molar-refractivity contribution is 5.78. The lowest BCUT2D eigenvalue weighted by molar-refractivity contribution is -0.131. The Labute approximate surface area is 148 Å². The molecule has 0 aromatic carbocycles. The van der Waals surface area contributed by atoms with Crippen LogP contribution in [-0.4, -0.2) is 65.4 Å². The lowest BCUT2D eigenvalue weighted by Gasteiger charge is -2.21. The van der Waals surface area contributed by atoms with Crippen LogP contribution in [0.3, 0.4) is 0 Å². The molecule has 7 heteroatoms. The van der Waals surface area contributed by atoms with E-state index in [1.807, 2.05) is 17.0 Å². The second-order valence-corrected chi connectivity index (χ2v) is 6.74. The summed E-state index contributed by atoms with van der Waals surface area (Å²) in [4.78, 5) is 31.6. The molecule has 0 saturated carbocycles. The second-order valence-electron chi connectivity index (χ2n) is 6.74. The van der Waals surface area contributed by atoms with E-state index in [-0.39, 0.29) is 17.9 Å². The van der Waals surface area contributed by atoms with E-state index in [2.05, 4.69) is 15.2 Å². The van der Waals surface area contributed by atoms with Gasteiger partial charge < -0.3 is 15.0 Å². The van der Waals surface area contributed by atoms with Crippen LogP contribution in [0.25, 0.3) is 0 Å². The van der Waals surface area contributed by atoms with Gasteiger partial charge in [0.1, 0.15) is 11.9 Å². The molecule has 1 aromatic rings. The van der Waals surface area contributed by atoms with E-state index < -0.39 is 0 Å². The van der Waals surface area contributed by atoms with Gasteiger partial charge in [0.25, 0.3) is 0 Å². The maximum absolute atomic E-state index is 12.2. The van der Waals surface area contributed by atoms with Crippen molar-refractivity contribution in [1.29, 1.82) is 0 Å². The number of amides is 2. The minimum atomic E-state index is -0.0813. The minimum absolute atomic E-state index is 0.0813. The van der Waals surface area contributed by atoms with Crippen molar-refractivity contribution < 1.29 is 14.3 Å². The lowest BCUT2D eigenvalue weighted by atomic mass is 10.3. The third kappa shape index (κ3) is 5.16. The van der Waals surface area contributed by atoms with Crippen LogP contribution in [0.15, 0.2) is 18.3 Å². The van der Waals surface area contributed by atoms with Gasteiger partial charge in [-0.25, -0.2) is 0 Å². The Morgan fingerprint density at radius 1 is 1.32 bits per heavy atom. The number of hydrogen-bond donors (Lipinski definition) is 1. The zero-order chi connectivity index (χ0) is 17.6. The largest absolute Gasteiger partial charge is 0.489 e. The van der Waals surface area contributed by atoms with Crippen molar-refractivity contribution in [3.63, 3.8) is 0 Å². The molecule has 1 aromatic heterocycles. The van der Waals surface area contributed by atoms with Crippen LogP contribution in [0, 0.1) is 0 Å². The summed E-state index contributed by atoms with van der Waals surface area (Å²) in [5.74, 6) is 0.912. The zero-order valence-corrected chi connectivity index (χ0v) is 14.7. The molecule has 3 heterocycles. The van der Waals surface area contributed by atoms with Gasteiger partial charge in [-0.1, -0.05) is 0 Å². The molecule has 2 fully saturated rings. The monoisotopic (exact) mass is 346 g/mol. The van der Waals surface area contributed by atoms with Crippen molar-refractivity contribution in [1.82, 2.24) is 20.1 Å². The Kier molecular flexibility index (Phi) is 5.86. The predicted octanol–water partition coefficient (Wildman–Crippen LogP) is 0.793. The number of rotatable bonds is 6. The predicted molar refractivity (Wildman–Crippen MR) is 93.0 cm³/mol. The van der Waals surface area contributed by atoms with Gasteiger partial charge in [0.15, 0.2) is 0 Å². The second kappa shape index (κ2) is 8.29. The van der Waals surface area contributed by atoms with E-state index in [9.17, 15) is 9.59 Å². The first-order valence-corrected chi connectivity index (χ1v) is 8.96. The van der Waals surface area contributed by atoms with Gasteiger partial charge in [0.2, 0.25) is 11.8 Å². The molecule has 1 atom stereocenters. The molecule has 2 amide bonds. The molecule has 0 bridgehead atoms. The molecule has 1 N–H and O–H groups in total. The number of nitrogens with one attached hydrogen (secondary N) is 1. The van der Waals surface area contributed by atoms with E-state index in [1.54, 1.807) is 6.20 Å². The molecule has 136 valence electrons. The molecule has 2 aliphatic rings. The van der Waals surface area contributed by atoms with E-state index in [0.717, 1.165) is 56.9 Å². The Morgan fingerprint density at radius 2 is 2.12 bits per heavy atom. The fourth-order valence-electron chi connectivity index (χ4n) is 3.33. The number of carbonyl (C=O) groups is 2. The average molecular weight is 346 g/mol. The van der Waals surface area contributed by atoms with E-state index in [0.29, 0.717) is 13.1 Å². The standard InChI is InChI=1S/C18H26N4O3/c1-14(23)20-11-15-10-16(4-6-19-15)25-17-5-9-21(12-17)13-18(24)22-7-2-3-8-22/h4,6,10,17H,2-3,5,7-9,11-13H2,1H3,(H,20,23). The van der Waals surface area contributed by atoms with Crippen molar-refractivity contribution in [3.05, 3.63) is 24.0 Å². The first-order valence-electron chi connectivity index (χ1n) is 8.96. The summed E-state index contributed by atoms with van der Waals surface area (Å²) in [6.07, 6.45) is 4.94. The number of pyridine rings is 1. The van der Waals surface area contributed by atoms with Gasteiger partial charge in [-0.05, 0) is 25.3 Å². The van der Waals surface area contributed by atoms with Crippen LogP contribution in [0.1, 0.15) is 31.9 Å². The van der Waals surface area contributed by atoms with Crippen LogP contribution in [0.5, 0.6) is 5.75 Å². The van der Waals surface area contributed by atoms with Crippen molar-refractivity contribution in [2.24, 2.45) is 0 Å². The molecule has 0 spiro atoms. The Hall–Kier alpha value is -2.15. The van der Waals surface area contributed by atoms with Gasteiger partial charge in [0.05, 0.1) is 18.8 Å².